The summed E-state index contributed by atoms with van der Waals surface area (Å²) in [4.78, 5) is 25.4. The van der Waals surface area contributed by atoms with Gasteiger partial charge in [-0.15, -0.1) is 0 Å². The molecule has 0 saturated heterocycles. The summed E-state index contributed by atoms with van der Waals surface area (Å²) in [5.74, 6) is -0.805. The van der Waals surface area contributed by atoms with Crippen LogP contribution in [-0.4, -0.2) is 48.1 Å². The smallest absolute Gasteiger partial charge is 0.407 e. The molecule has 0 rings (SSSR count). The molecule has 0 aliphatic carbocycles. The summed E-state index contributed by atoms with van der Waals surface area (Å²) in [6, 6.07) is -1.34. The van der Waals surface area contributed by atoms with Crippen LogP contribution in [0.3, 0.4) is 0 Å². The van der Waals surface area contributed by atoms with Crippen LogP contribution in [0.2, 0.25) is 0 Å². The average molecular weight is 302 g/mol. The van der Waals surface area contributed by atoms with E-state index < -0.39 is 29.8 Å². The second-order valence-electron chi connectivity index (χ2n) is 5.19. The molecule has 2 N–H and O–H groups in total. The normalized spacial score (nSPS) is 13.6. The molecule has 1 amide bonds. The topological polar surface area (TPSA) is 134 Å². The first-order valence-corrected chi connectivity index (χ1v) is 6.57. The summed E-state index contributed by atoms with van der Waals surface area (Å²) < 4.78 is 9.70. The Kier molecular flexibility index (Phi) is 8.18. The highest BCUT2D eigenvalue weighted by molar-refractivity contribution is 5.76. The van der Waals surface area contributed by atoms with E-state index in [4.69, 9.17) is 15.0 Å². The van der Waals surface area contributed by atoms with Gasteiger partial charge in [-0.3, -0.25) is 4.79 Å². The van der Waals surface area contributed by atoms with Gasteiger partial charge in [-0.05, 0) is 39.6 Å². The molecule has 0 fully saturated rings. The maximum atomic E-state index is 11.5. The average Bonchev–Trinajstić information content (AvgIpc) is 2.33. The molecule has 0 heterocycles. The number of nitrogens with one attached hydrogen (secondary N) is 1. The first kappa shape index (κ1) is 19.0. The maximum Gasteiger partial charge on any atom is 0.407 e. The number of esters is 1. The molecule has 0 unspecified atom stereocenters. The first-order chi connectivity index (χ1) is 9.71. The van der Waals surface area contributed by atoms with Gasteiger partial charge < -0.3 is 19.9 Å². The highest BCUT2D eigenvalue weighted by Gasteiger charge is 2.27. The molecule has 0 aliphatic heterocycles. The van der Waals surface area contributed by atoms with Gasteiger partial charge in [0.05, 0.1) is 12.7 Å². The molecule has 0 aromatic heterocycles. The highest BCUT2D eigenvalue weighted by Crippen LogP contribution is 2.08. The number of alkyl carbamates (subject to hydrolysis) is 1. The molecule has 120 valence electrons. The zero-order valence-corrected chi connectivity index (χ0v) is 12.7. The molecular formula is C12H22N4O5. The predicted octanol–water partition coefficient (Wildman–Crippen LogP) is 1.50. The number of aliphatic hydroxyl groups is 1. The molecule has 0 spiro atoms. The van der Waals surface area contributed by atoms with E-state index in [1.54, 1.807) is 27.7 Å². The van der Waals surface area contributed by atoms with Crippen molar-refractivity contribution < 1.29 is 24.2 Å². The maximum absolute atomic E-state index is 11.5. The number of carbonyl (C=O) groups excluding carboxylic acids is 2. The van der Waals surface area contributed by atoms with E-state index in [1.165, 1.54) is 0 Å². The number of rotatable bonds is 7. The van der Waals surface area contributed by atoms with Gasteiger partial charge in [0.25, 0.3) is 0 Å². The van der Waals surface area contributed by atoms with E-state index in [0.29, 0.717) is 0 Å². The van der Waals surface area contributed by atoms with Crippen LogP contribution in [0.15, 0.2) is 5.11 Å². The van der Waals surface area contributed by atoms with Crippen molar-refractivity contribution in [3.05, 3.63) is 10.4 Å². The summed E-state index contributed by atoms with van der Waals surface area (Å²) in [6.45, 7) is 6.94. The quantitative estimate of drug-likeness (QED) is 0.318. The lowest BCUT2D eigenvalue weighted by Gasteiger charge is -2.20. The number of hydrogen-bond acceptors (Lipinski definition) is 6. The third kappa shape index (κ3) is 8.72. The minimum absolute atomic E-state index is 0.0156. The lowest BCUT2D eigenvalue weighted by Crippen LogP contribution is -2.38. The summed E-state index contributed by atoms with van der Waals surface area (Å²) in [5.41, 5.74) is 7.77. The van der Waals surface area contributed by atoms with E-state index in [1.807, 2.05) is 0 Å². The van der Waals surface area contributed by atoms with E-state index in [0.717, 1.165) is 0 Å². The Morgan fingerprint density at radius 2 is 2.05 bits per heavy atom. The minimum Gasteiger partial charge on any atom is -0.466 e. The van der Waals surface area contributed by atoms with Crippen LogP contribution in [-0.2, 0) is 14.3 Å². The molecule has 0 bridgehead atoms. The number of amides is 1. The Labute approximate surface area is 123 Å². The van der Waals surface area contributed by atoms with Gasteiger partial charge in [0.15, 0.2) is 6.04 Å². The fourth-order valence-electron chi connectivity index (χ4n) is 1.36. The number of azide groups is 1. The molecule has 2 atom stereocenters. The van der Waals surface area contributed by atoms with Crippen molar-refractivity contribution in [2.24, 2.45) is 5.11 Å². The van der Waals surface area contributed by atoms with Gasteiger partial charge in [-0.1, -0.05) is 5.11 Å². The van der Waals surface area contributed by atoms with E-state index in [-0.39, 0.29) is 19.6 Å². The Morgan fingerprint density at radius 3 is 2.52 bits per heavy atom. The first-order valence-electron chi connectivity index (χ1n) is 6.57. The van der Waals surface area contributed by atoms with Gasteiger partial charge >= 0.3 is 12.1 Å². The molecule has 21 heavy (non-hydrogen) atoms. The van der Waals surface area contributed by atoms with Gasteiger partial charge in [-0.25, -0.2) is 4.79 Å². The SMILES string of the molecule is CCOC(=O)[C@H](N=[N+]=[N-])[C@H](O)CCNC(=O)OC(C)(C)C. The Bertz CT molecular complexity index is 401. The zero-order chi connectivity index (χ0) is 16.5. The van der Waals surface area contributed by atoms with E-state index >= 15 is 0 Å². The van der Waals surface area contributed by atoms with Gasteiger partial charge in [0, 0.05) is 11.5 Å². The molecule has 0 saturated carbocycles. The number of aliphatic hydroxyl groups excluding tert-OH is 1. The number of nitrogens with zero attached hydrogens (tertiary/aromatic N) is 3. The molecule has 9 heteroatoms. The van der Waals surface area contributed by atoms with Crippen LogP contribution in [0.25, 0.3) is 10.4 Å². The molecule has 0 aromatic rings. The minimum atomic E-state index is -1.34. The summed E-state index contributed by atoms with van der Waals surface area (Å²) in [6.07, 6.45) is -1.87. The van der Waals surface area contributed by atoms with Crippen LogP contribution in [0.5, 0.6) is 0 Å². The zero-order valence-electron chi connectivity index (χ0n) is 12.7. The van der Waals surface area contributed by atoms with Crippen molar-refractivity contribution in [1.82, 2.24) is 5.32 Å². The van der Waals surface area contributed by atoms with Crippen LogP contribution in [0.1, 0.15) is 34.1 Å². The number of ether oxygens (including phenoxy) is 2. The third-order valence-electron chi connectivity index (χ3n) is 2.18. The van der Waals surface area contributed by atoms with E-state index in [2.05, 4.69) is 15.3 Å². The lowest BCUT2D eigenvalue weighted by atomic mass is 10.1. The highest BCUT2D eigenvalue weighted by atomic mass is 16.6. The molecule has 9 nitrogen and oxygen atoms in total. The van der Waals surface area contributed by atoms with E-state index in [9.17, 15) is 14.7 Å². The number of carbonyl (C=O) groups is 2. The predicted molar refractivity (Wildman–Crippen MR) is 74.4 cm³/mol. The van der Waals surface area contributed by atoms with Gasteiger partial charge in [0.1, 0.15) is 5.60 Å². The van der Waals surface area contributed by atoms with Crippen molar-refractivity contribution in [3.63, 3.8) is 0 Å². The fourth-order valence-corrected chi connectivity index (χ4v) is 1.36. The summed E-state index contributed by atoms with van der Waals surface area (Å²) in [5, 5.41) is 15.5. The third-order valence-corrected chi connectivity index (χ3v) is 2.18. The molecule has 0 aliphatic rings. The van der Waals surface area contributed by atoms with Crippen LogP contribution in [0, 0.1) is 0 Å². The Balaban J connectivity index is 4.32. The van der Waals surface area contributed by atoms with Crippen LogP contribution < -0.4 is 5.32 Å². The van der Waals surface area contributed by atoms with Crippen LogP contribution in [0.4, 0.5) is 4.79 Å². The monoisotopic (exact) mass is 302 g/mol. The van der Waals surface area contributed by atoms with Crippen molar-refractivity contribution in [2.75, 3.05) is 13.2 Å². The van der Waals surface area contributed by atoms with Crippen molar-refractivity contribution in [2.45, 2.75) is 51.9 Å². The molecule has 0 radical (unpaired) electrons. The summed E-state index contributed by atoms with van der Waals surface area (Å²) >= 11 is 0. The Hall–Kier alpha value is -1.99. The van der Waals surface area contributed by atoms with Crippen LogP contribution >= 0.6 is 0 Å². The second-order valence-corrected chi connectivity index (χ2v) is 5.19. The van der Waals surface area contributed by atoms with Gasteiger partial charge in [-0.2, -0.15) is 0 Å². The Morgan fingerprint density at radius 1 is 1.43 bits per heavy atom. The molecular weight excluding hydrogens is 280 g/mol. The van der Waals surface area contributed by atoms with Crippen molar-refractivity contribution >= 4 is 12.1 Å². The number of hydrogen-bond donors (Lipinski definition) is 2. The molecule has 0 aromatic carbocycles. The van der Waals surface area contributed by atoms with Gasteiger partial charge in [0.2, 0.25) is 0 Å². The van der Waals surface area contributed by atoms with Crippen molar-refractivity contribution in [1.29, 1.82) is 0 Å². The summed E-state index contributed by atoms with van der Waals surface area (Å²) in [7, 11) is 0. The largest absolute Gasteiger partial charge is 0.466 e. The second kappa shape index (κ2) is 9.04. The lowest BCUT2D eigenvalue weighted by molar-refractivity contribution is -0.147. The standard InChI is InChI=1S/C12H22N4O5/c1-5-20-10(18)9(15-16-13)8(17)6-7-14-11(19)21-12(2,3)4/h8-9,17H,5-7H2,1-4H3,(H,14,19)/t8-,9-/m1/s1. The van der Waals surface area contributed by atoms with Crippen molar-refractivity contribution in [3.8, 4) is 0 Å². The fraction of sp³-hybridized carbons (Fsp3) is 0.833.